The fraction of sp³-hybridized carbons (Fsp3) is 0.133. The van der Waals surface area contributed by atoms with Gasteiger partial charge in [-0.1, -0.05) is 24.3 Å². The summed E-state index contributed by atoms with van der Waals surface area (Å²) in [6.45, 7) is 1.99. The fourth-order valence-corrected chi connectivity index (χ4v) is 2.12. The number of para-hydroxylation sites is 2. The second kappa shape index (κ2) is 4.27. The molecule has 0 aliphatic carbocycles. The fourth-order valence-electron chi connectivity index (χ4n) is 2.12. The van der Waals surface area contributed by atoms with E-state index in [0.717, 1.165) is 22.3 Å². The van der Waals surface area contributed by atoms with Crippen LogP contribution in [-0.2, 0) is 0 Å². The monoisotopic (exact) mass is 237 g/mol. The normalized spacial score (nSPS) is 12.8. The summed E-state index contributed by atoms with van der Waals surface area (Å²) in [5, 5.41) is 0. The van der Waals surface area contributed by atoms with E-state index in [9.17, 15) is 0 Å². The summed E-state index contributed by atoms with van der Waals surface area (Å²) in [5.74, 6) is 0. The Morgan fingerprint density at radius 3 is 2.78 bits per heavy atom. The van der Waals surface area contributed by atoms with E-state index in [4.69, 9.17) is 5.73 Å². The molecule has 1 aromatic heterocycles. The molecule has 0 saturated carbocycles. The number of fused-ring (bicyclic) bond motifs is 1. The molecule has 3 heteroatoms. The zero-order valence-corrected chi connectivity index (χ0v) is 10.2. The molecule has 90 valence electrons. The van der Waals surface area contributed by atoms with Gasteiger partial charge in [0.05, 0.1) is 11.0 Å². The van der Waals surface area contributed by atoms with Crippen molar-refractivity contribution < 1.29 is 0 Å². The van der Waals surface area contributed by atoms with Crippen LogP contribution in [0.5, 0.6) is 0 Å². The minimum absolute atomic E-state index is 0.0414. The summed E-state index contributed by atoms with van der Waals surface area (Å²) < 4.78 is 2.08. The van der Waals surface area contributed by atoms with Gasteiger partial charge in [0.1, 0.15) is 6.33 Å². The molecular formula is C15H15N3. The van der Waals surface area contributed by atoms with Gasteiger partial charge in [-0.15, -0.1) is 0 Å². The molecule has 3 rings (SSSR count). The van der Waals surface area contributed by atoms with Gasteiger partial charge in [-0.2, -0.15) is 0 Å². The molecule has 1 heterocycles. The van der Waals surface area contributed by atoms with Crippen molar-refractivity contribution in [3.8, 4) is 5.69 Å². The number of imidazole rings is 1. The highest BCUT2D eigenvalue weighted by Gasteiger charge is 2.05. The first-order valence-corrected chi connectivity index (χ1v) is 6.04. The second-order valence-electron chi connectivity index (χ2n) is 4.49. The molecule has 3 aromatic rings. The Morgan fingerprint density at radius 2 is 1.94 bits per heavy atom. The second-order valence-corrected chi connectivity index (χ2v) is 4.49. The Morgan fingerprint density at radius 1 is 1.11 bits per heavy atom. The SMILES string of the molecule is C[C@H](N)c1cccc(-n2cnc3ccccc32)c1. The van der Waals surface area contributed by atoms with E-state index in [0.29, 0.717) is 0 Å². The molecule has 0 unspecified atom stereocenters. The number of aromatic nitrogens is 2. The molecule has 0 aliphatic heterocycles. The Kier molecular flexibility index (Phi) is 2.61. The van der Waals surface area contributed by atoms with Gasteiger partial charge in [-0.05, 0) is 36.8 Å². The van der Waals surface area contributed by atoms with Gasteiger partial charge in [-0.3, -0.25) is 4.57 Å². The van der Waals surface area contributed by atoms with Crippen molar-refractivity contribution >= 4 is 11.0 Å². The maximum atomic E-state index is 5.92. The number of benzene rings is 2. The van der Waals surface area contributed by atoms with Gasteiger partial charge in [0.15, 0.2) is 0 Å². The van der Waals surface area contributed by atoms with Crippen LogP contribution in [0.2, 0.25) is 0 Å². The summed E-state index contributed by atoms with van der Waals surface area (Å²) in [7, 11) is 0. The molecule has 0 saturated heterocycles. The Hall–Kier alpha value is -2.13. The van der Waals surface area contributed by atoms with Crippen LogP contribution in [-0.4, -0.2) is 9.55 Å². The largest absolute Gasteiger partial charge is 0.324 e. The summed E-state index contributed by atoms with van der Waals surface area (Å²) in [5.41, 5.74) is 10.3. The lowest BCUT2D eigenvalue weighted by molar-refractivity contribution is 0.816. The third-order valence-corrected chi connectivity index (χ3v) is 3.13. The molecule has 18 heavy (non-hydrogen) atoms. The van der Waals surface area contributed by atoms with Crippen molar-refractivity contribution in [2.75, 3.05) is 0 Å². The van der Waals surface area contributed by atoms with E-state index in [1.54, 1.807) is 0 Å². The van der Waals surface area contributed by atoms with Gasteiger partial charge in [0.25, 0.3) is 0 Å². The lowest BCUT2D eigenvalue weighted by Gasteiger charge is -2.09. The van der Waals surface area contributed by atoms with Crippen LogP contribution in [0.3, 0.4) is 0 Å². The van der Waals surface area contributed by atoms with Crippen molar-refractivity contribution in [3.05, 3.63) is 60.4 Å². The number of rotatable bonds is 2. The summed E-state index contributed by atoms with van der Waals surface area (Å²) in [4.78, 5) is 4.40. The molecule has 0 amide bonds. The Balaban J connectivity index is 2.17. The van der Waals surface area contributed by atoms with Crippen molar-refractivity contribution in [1.29, 1.82) is 0 Å². The minimum Gasteiger partial charge on any atom is -0.324 e. The number of hydrogen-bond acceptors (Lipinski definition) is 2. The van der Waals surface area contributed by atoms with Gasteiger partial charge in [0, 0.05) is 11.7 Å². The van der Waals surface area contributed by atoms with Gasteiger partial charge in [0.2, 0.25) is 0 Å². The molecular weight excluding hydrogens is 222 g/mol. The third kappa shape index (κ3) is 1.79. The lowest BCUT2D eigenvalue weighted by Crippen LogP contribution is -2.05. The van der Waals surface area contributed by atoms with Crippen molar-refractivity contribution in [2.45, 2.75) is 13.0 Å². The molecule has 0 bridgehead atoms. The number of hydrogen-bond donors (Lipinski definition) is 1. The van der Waals surface area contributed by atoms with E-state index >= 15 is 0 Å². The van der Waals surface area contributed by atoms with Crippen LogP contribution in [0.25, 0.3) is 16.7 Å². The Labute approximate surface area is 106 Å². The summed E-state index contributed by atoms with van der Waals surface area (Å²) >= 11 is 0. The molecule has 0 spiro atoms. The highest BCUT2D eigenvalue weighted by Crippen LogP contribution is 2.20. The summed E-state index contributed by atoms with van der Waals surface area (Å²) in [6, 6.07) is 16.4. The highest BCUT2D eigenvalue weighted by atomic mass is 15.0. The highest BCUT2D eigenvalue weighted by molar-refractivity contribution is 5.77. The van der Waals surface area contributed by atoms with Crippen LogP contribution in [0.4, 0.5) is 0 Å². The van der Waals surface area contributed by atoms with Crippen molar-refractivity contribution in [2.24, 2.45) is 5.73 Å². The maximum absolute atomic E-state index is 5.92. The molecule has 2 aromatic carbocycles. The minimum atomic E-state index is 0.0414. The number of nitrogens with two attached hydrogens (primary N) is 1. The first-order valence-electron chi connectivity index (χ1n) is 6.04. The van der Waals surface area contributed by atoms with E-state index in [-0.39, 0.29) is 6.04 Å². The van der Waals surface area contributed by atoms with Gasteiger partial charge in [-0.25, -0.2) is 4.98 Å². The third-order valence-electron chi connectivity index (χ3n) is 3.13. The van der Waals surface area contributed by atoms with E-state index in [2.05, 4.69) is 27.8 Å². The van der Waals surface area contributed by atoms with Crippen LogP contribution < -0.4 is 5.73 Å². The average Bonchev–Trinajstić information content (AvgIpc) is 2.82. The molecule has 0 fully saturated rings. The van der Waals surface area contributed by atoms with E-state index in [1.807, 2.05) is 43.6 Å². The van der Waals surface area contributed by atoms with E-state index in [1.165, 1.54) is 0 Å². The van der Waals surface area contributed by atoms with Crippen LogP contribution in [0.1, 0.15) is 18.5 Å². The molecule has 0 radical (unpaired) electrons. The standard InChI is InChI=1S/C15H15N3/c1-11(16)12-5-4-6-13(9-12)18-10-17-14-7-2-3-8-15(14)18/h2-11H,16H2,1H3/t11-/m0/s1. The van der Waals surface area contributed by atoms with Gasteiger partial charge >= 0.3 is 0 Å². The van der Waals surface area contributed by atoms with Crippen LogP contribution in [0.15, 0.2) is 54.9 Å². The van der Waals surface area contributed by atoms with Crippen molar-refractivity contribution in [1.82, 2.24) is 9.55 Å². The smallest absolute Gasteiger partial charge is 0.100 e. The quantitative estimate of drug-likeness (QED) is 0.744. The zero-order valence-electron chi connectivity index (χ0n) is 10.2. The predicted octanol–water partition coefficient (Wildman–Crippen LogP) is 3.05. The van der Waals surface area contributed by atoms with E-state index < -0.39 is 0 Å². The van der Waals surface area contributed by atoms with Crippen LogP contribution in [0, 0.1) is 0 Å². The summed E-state index contributed by atoms with van der Waals surface area (Å²) in [6.07, 6.45) is 1.85. The maximum Gasteiger partial charge on any atom is 0.100 e. The van der Waals surface area contributed by atoms with Gasteiger partial charge < -0.3 is 5.73 Å². The predicted molar refractivity (Wildman–Crippen MR) is 73.7 cm³/mol. The molecule has 1 atom stereocenters. The topological polar surface area (TPSA) is 43.8 Å². The lowest BCUT2D eigenvalue weighted by atomic mass is 10.1. The molecule has 0 aliphatic rings. The Bertz CT molecular complexity index is 683. The van der Waals surface area contributed by atoms with Crippen LogP contribution >= 0.6 is 0 Å². The molecule has 3 nitrogen and oxygen atoms in total. The van der Waals surface area contributed by atoms with Crippen molar-refractivity contribution in [3.63, 3.8) is 0 Å². The average molecular weight is 237 g/mol. The number of nitrogens with zero attached hydrogens (tertiary/aromatic N) is 2. The first kappa shape index (κ1) is 11.0. The zero-order chi connectivity index (χ0) is 12.5. The first-order chi connectivity index (χ1) is 8.75. The molecule has 2 N–H and O–H groups in total.